The van der Waals surface area contributed by atoms with Gasteiger partial charge in [-0.15, -0.1) is 0 Å². The standard InChI is InChI=1S/C35H48N6O4/c1-7-44-32(42)22-31(27-10-8-12-30(21-27)41-25(3)20-24(2)38-41)36-29-16-19-39(23-29)18-15-28-14-13-26-11-9-17-40(33(26)37-28)34(43)45-35(4,5)6/h8,10,12-14,20-21,29,31,36H,7,9,11,15-19,22-23H2,1-6H3/t29?,31-/m0/s1. The Hall–Kier alpha value is -3.76. The van der Waals surface area contributed by atoms with Gasteiger partial charge in [-0.05, 0) is 103 Å². The highest BCUT2D eigenvalue weighted by Crippen LogP contribution is 2.28. The van der Waals surface area contributed by atoms with E-state index in [0.717, 1.165) is 85.0 Å². The van der Waals surface area contributed by atoms with Crippen LogP contribution in [0.4, 0.5) is 10.6 Å². The number of rotatable bonds is 10. The van der Waals surface area contributed by atoms with Crippen LogP contribution in [0.2, 0.25) is 0 Å². The fraction of sp³-hybridized carbons (Fsp3) is 0.543. The van der Waals surface area contributed by atoms with E-state index in [4.69, 9.17) is 14.5 Å². The summed E-state index contributed by atoms with van der Waals surface area (Å²) in [5.41, 5.74) is 5.57. The van der Waals surface area contributed by atoms with Gasteiger partial charge in [-0.25, -0.2) is 14.5 Å². The zero-order valence-electron chi connectivity index (χ0n) is 27.6. The van der Waals surface area contributed by atoms with Gasteiger partial charge in [0.15, 0.2) is 0 Å². The monoisotopic (exact) mass is 616 g/mol. The second-order valence-electron chi connectivity index (χ2n) is 13.2. The van der Waals surface area contributed by atoms with E-state index in [1.54, 1.807) is 4.90 Å². The van der Waals surface area contributed by atoms with E-state index in [0.29, 0.717) is 13.2 Å². The molecule has 0 aliphatic carbocycles. The van der Waals surface area contributed by atoms with Crippen molar-refractivity contribution in [2.75, 3.05) is 37.7 Å². The minimum absolute atomic E-state index is 0.174. The van der Waals surface area contributed by atoms with E-state index >= 15 is 0 Å². The third-order valence-electron chi connectivity index (χ3n) is 8.31. The van der Waals surface area contributed by atoms with Crippen molar-refractivity contribution in [3.05, 3.63) is 70.7 Å². The number of amides is 1. The third kappa shape index (κ3) is 8.49. The Labute approximate surface area is 267 Å². The molecule has 242 valence electrons. The lowest BCUT2D eigenvalue weighted by Gasteiger charge is -2.31. The number of benzene rings is 1. The molecule has 3 aromatic rings. The topological polar surface area (TPSA) is 102 Å². The van der Waals surface area contributed by atoms with Crippen molar-refractivity contribution < 1.29 is 19.1 Å². The molecule has 2 atom stereocenters. The zero-order valence-corrected chi connectivity index (χ0v) is 27.6. The fourth-order valence-electron chi connectivity index (χ4n) is 6.26. The number of carbonyl (C=O) groups excluding carboxylic acids is 2. The van der Waals surface area contributed by atoms with Crippen molar-refractivity contribution in [3.8, 4) is 5.69 Å². The van der Waals surface area contributed by atoms with Crippen LogP contribution in [0.3, 0.4) is 0 Å². The minimum atomic E-state index is -0.553. The van der Waals surface area contributed by atoms with Crippen LogP contribution in [0, 0.1) is 13.8 Å². The molecule has 0 radical (unpaired) electrons. The van der Waals surface area contributed by atoms with Gasteiger partial charge >= 0.3 is 12.1 Å². The Morgan fingerprint density at radius 3 is 2.67 bits per heavy atom. The molecule has 0 saturated carbocycles. The Morgan fingerprint density at radius 2 is 1.93 bits per heavy atom. The number of pyridine rings is 1. The molecule has 45 heavy (non-hydrogen) atoms. The smallest absolute Gasteiger partial charge is 0.416 e. The molecule has 1 fully saturated rings. The number of anilines is 1. The van der Waals surface area contributed by atoms with E-state index < -0.39 is 5.60 Å². The van der Waals surface area contributed by atoms with Crippen molar-refractivity contribution in [1.29, 1.82) is 0 Å². The number of nitrogens with zero attached hydrogens (tertiary/aromatic N) is 5. The SMILES string of the molecule is CCOC(=O)C[C@H](NC1CCN(CCc2ccc3c(n2)N(C(=O)OC(C)(C)C)CCC3)C1)c1cccc(-n2nc(C)cc2C)c1. The highest BCUT2D eigenvalue weighted by Gasteiger charge is 2.30. The third-order valence-corrected chi connectivity index (χ3v) is 8.31. The second kappa shape index (κ2) is 14.1. The molecule has 1 aromatic carbocycles. The largest absolute Gasteiger partial charge is 0.466 e. The summed E-state index contributed by atoms with van der Waals surface area (Å²) in [6.07, 6.45) is 3.52. The van der Waals surface area contributed by atoms with E-state index in [-0.39, 0.29) is 30.6 Å². The lowest BCUT2D eigenvalue weighted by Crippen LogP contribution is -2.40. The van der Waals surface area contributed by atoms with Gasteiger partial charge in [-0.2, -0.15) is 5.10 Å². The first kappa shape index (κ1) is 32.6. The number of nitrogens with one attached hydrogen (secondary N) is 1. The van der Waals surface area contributed by atoms with Crippen molar-refractivity contribution >= 4 is 17.9 Å². The number of aromatic nitrogens is 3. The van der Waals surface area contributed by atoms with Gasteiger partial charge in [0.25, 0.3) is 0 Å². The van der Waals surface area contributed by atoms with Crippen LogP contribution < -0.4 is 10.2 Å². The van der Waals surface area contributed by atoms with E-state index in [1.807, 2.05) is 58.4 Å². The van der Waals surface area contributed by atoms with Crippen LogP contribution in [-0.2, 0) is 27.1 Å². The van der Waals surface area contributed by atoms with Crippen LogP contribution in [-0.4, -0.2) is 76.2 Å². The maximum atomic E-state index is 12.9. The Kier molecular flexibility index (Phi) is 10.2. The minimum Gasteiger partial charge on any atom is -0.466 e. The van der Waals surface area contributed by atoms with E-state index in [9.17, 15) is 9.59 Å². The maximum absolute atomic E-state index is 12.9. The van der Waals surface area contributed by atoms with Crippen LogP contribution in [0.15, 0.2) is 42.5 Å². The predicted molar refractivity (Wildman–Crippen MR) is 175 cm³/mol. The molecule has 2 aromatic heterocycles. The van der Waals surface area contributed by atoms with Gasteiger partial charge in [-0.3, -0.25) is 9.69 Å². The van der Waals surface area contributed by atoms with Crippen molar-refractivity contribution in [1.82, 2.24) is 25.0 Å². The molecule has 2 aliphatic heterocycles. The van der Waals surface area contributed by atoms with Crippen LogP contribution in [0.25, 0.3) is 5.69 Å². The zero-order chi connectivity index (χ0) is 32.1. The van der Waals surface area contributed by atoms with E-state index in [1.165, 1.54) is 0 Å². The summed E-state index contributed by atoms with van der Waals surface area (Å²) in [5.74, 6) is 0.527. The molecule has 0 bridgehead atoms. The van der Waals surface area contributed by atoms with Gasteiger partial charge in [0, 0.05) is 49.5 Å². The first-order valence-electron chi connectivity index (χ1n) is 16.3. The summed E-state index contributed by atoms with van der Waals surface area (Å²) >= 11 is 0. The number of aryl methyl sites for hydroxylation is 3. The Bertz CT molecular complexity index is 1500. The number of likely N-dealkylation sites (tertiary alicyclic amines) is 1. The molecule has 10 nitrogen and oxygen atoms in total. The first-order chi connectivity index (χ1) is 21.5. The molecular formula is C35H48N6O4. The maximum Gasteiger partial charge on any atom is 0.416 e. The quantitative estimate of drug-likeness (QED) is 0.299. The summed E-state index contributed by atoms with van der Waals surface area (Å²) in [5, 5.41) is 8.43. The second-order valence-corrected chi connectivity index (χ2v) is 13.2. The van der Waals surface area contributed by atoms with Gasteiger partial charge in [0.2, 0.25) is 0 Å². The Balaban J connectivity index is 1.23. The molecular weight excluding hydrogens is 568 g/mol. The highest BCUT2D eigenvalue weighted by molar-refractivity contribution is 5.88. The summed E-state index contributed by atoms with van der Waals surface area (Å²) < 4.78 is 12.9. The summed E-state index contributed by atoms with van der Waals surface area (Å²) in [6, 6.07) is 14.6. The number of esters is 1. The number of carbonyl (C=O) groups is 2. The lowest BCUT2D eigenvalue weighted by molar-refractivity contribution is -0.143. The van der Waals surface area contributed by atoms with Gasteiger partial charge in [0.05, 0.1) is 24.4 Å². The molecule has 2 aliphatic rings. The lowest BCUT2D eigenvalue weighted by atomic mass is 10.0. The first-order valence-corrected chi connectivity index (χ1v) is 16.3. The molecule has 1 amide bonds. The van der Waals surface area contributed by atoms with Crippen molar-refractivity contribution in [2.45, 2.75) is 91.3 Å². The van der Waals surface area contributed by atoms with Gasteiger partial charge in [0.1, 0.15) is 11.4 Å². The number of hydrogen-bond acceptors (Lipinski definition) is 8. The van der Waals surface area contributed by atoms with Crippen molar-refractivity contribution in [3.63, 3.8) is 0 Å². The molecule has 5 rings (SSSR count). The average Bonchev–Trinajstić information content (AvgIpc) is 3.59. The average molecular weight is 617 g/mol. The van der Waals surface area contributed by atoms with Crippen molar-refractivity contribution in [2.24, 2.45) is 0 Å². The van der Waals surface area contributed by atoms with Crippen LogP contribution in [0.1, 0.15) is 81.2 Å². The normalized spacial score (nSPS) is 17.6. The summed E-state index contributed by atoms with van der Waals surface area (Å²) in [4.78, 5) is 34.6. The summed E-state index contributed by atoms with van der Waals surface area (Å²) in [7, 11) is 0. The number of fused-ring (bicyclic) bond motifs is 1. The van der Waals surface area contributed by atoms with Gasteiger partial charge < -0.3 is 19.7 Å². The molecule has 1 N–H and O–H groups in total. The molecule has 1 unspecified atom stereocenters. The predicted octanol–water partition coefficient (Wildman–Crippen LogP) is 5.47. The van der Waals surface area contributed by atoms with Crippen LogP contribution in [0.5, 0.6) is 0 Å². The molecule has 10 heteroatoms. The van der Waals surface area contributed by atoms with Crippen LogP contribution >= 0.6 is 0 Å². The van der Waals surface area contributed by atoms with Gasteiger partial charge in [-0.1, -0.05) is 18.2 Å². The Morgan fingerprint density at radius 1 is 1.11 bits per heavy atom. The number of hydrogen-bond donors (Lipinski definition) is 1. The fourth-order valence-corrected chi connectivity index (χ4v) is 6.26. The van der Waals surface area contributed by atoms with E-state index in [2.05, 4.69) is 45.6 Å². The molecule has 0 spiro atoms. The summed E-state index contributed by atoms with van der Waals surface area (Å²) in [6.45, 7) is 15.2. The highest BCUT2D eigenvalue weighted by atomic mass is 16.6. The number of ether oxygens (including phenoxy) is 2. The molecule has 4 heterocycles. The molecule has 1 saturated heterocycles.